The van der Waals surface area contributed by atoms with E-state index in [9.17, 15) is 14.7 Å². The lowest BCUT2D eigenvalue weighted by Crippen LogP contribution is -2.42. The third kappa shape index (κ3) is 3.46. The molecule has 6 heteroatoms. The minimum Gasteiger partial charge on any atom is -0.489 e. The predicted molar refractivity (Wildman–Crippen MR) is 135 cm³/mol. The number of aliphatic hydroxyl groups is 1. The van der Waals surface area contributed by atoms with Crippen LogP contribution in [0.1, 0.15) is 51.5 Å². The smallest absolute Gasteiger partial charge is 0.303 e. The van der Waals surface area contributed by atoms with Crippen LogP contribution in [0, 0.1) is 17.3 Å². The molecule has 1 aromatic carbocycles. The standard InChI is InChI=1S/C30H31NO5/c1-17(33)36-30(3)14-24-27-20(13-23-25(34)10-18(16-32)11-26(23)35-27)6-8-29(24,2)28(30)21-5-4-19-7-9-31-15-22(19)12-21/h4-9,12-13,15,18,24,27-28,32H,10-11,14,16H2,1-3H3/t18?,24-,27+,28+,29-,30?/m0/s1. The zero-order valence-electron chi connectivity index (χ0n) is 20.9. The summed E-state index contributed by atoms with van der Waals surface area (Å²) in [6.07, 6.45) is 11.2. The van der Waals surface area contributed by atoms with E-state index in [4.69, 9.17) is 9.47 Å². The van der Waals surface area contributed by atoms with Gasteiger partial charge in [-0.05, 0) is 54.0 Å². The highest BCUT2D eigenvalue weighted by Crippen LogP contribution is 2.64. The Hall–Kier alpha value is -3.25. The van der Waals surface area contributed by atoms with Crippen molar-refractivity contribution in [1.82, 2.24) is 4.98 Å². The summed E-state index contributed by atoms with van der Waals surface area (Å²) in [6.45, 7) is 5.70. The number of aromatic nitrogens is 1. The molecular formula is C30H31NO5. The highest BCUT2D eigenvalue weighted by Gasteiger charge is 2.63. The van der Waals surface area contributed by atoms with Crippen LogP contribution in [0.25, 0.3) is 10.8 Å². The van der Waals surface area contributed by atoms with Gasteiger partial charge in [-0.3, -0.25) is 14.6 Å². The molecule has 4 aliphatic rings. The fourth-order valence-electron chi connectivity index (χ4n) is 7.30. The van der Waals surface area contributed by atoms with Gasteiger partial charge in [0, 0.05) is 61.4 Å². The molecular weight excluding hydrogens is 454 g/mol. The van der Waals surface area contributed by atoms with Crippen LogP contribution in [0.2, 0.25) is 0 Å². The van der Waals surface area contributed by atoms with E-state index in [1.54, 1.807) is 6.20 Å². The van der Waals surface area contributed by atoms with Crippen molar-refractivity contribution in [3.05, 3.63) is 77.4 Å². The highest BCUT2D eigenvalue weighted by atomic mass is 16.6. The molecule has 1 aromatic heterocycles. The molecule has 0 amide bonds. The number of fused-ring (bicyclic) bond motifs is 4. The lowest BCUT2D eigenvalue weighted by molar-refractivity contribution is -0.157. The first-order valence-corrected chi connectivity index (χ1v) is 12.7. The lowest BCUT2D eigenvalue weighted by Gasteiger charge is -2.45. The molecule has 1 saturated carbocycles. The maximum atomic E-state index is 12.8. The summed E-state index contributed by atoms with van der Waals surface area (Å²) < 4.78 is 12.7. The summed E-state index contributed by atoms with van der Waals surface area (Å²) in [5.74, 6) is 0.244. The lowest BCUT2D eigenvalue weighted by atomic mass is 9.63. The van der Waals surface area contributed by atoms with Gasteiger partial charge in [-0.1, -0.05) is 31.2 Å². The maximum Gasteiger partial charge on any atom is 0.303 e. The number of hydrogen-bond donors (Lipinski definition) is 1. The molecule has 1 N–H and O–H groups in total. The van der Waals surface area contributed by atoms with Crippen molar-refractivity contribution in [2.24, 2.45) is 17.3 Å². The number of esters is 1. The topological polar surface area (TPSA) is 85.7 Å². The van der Waals surface area contributed by atoms with Gasteiger partial charge >= 0.3 is 5.97 Å². The SMILES string of the molecule is CC(=O)OC1(C)C[C@H]2[C@@H]3OC4=C(C=C3C=C[C@]2(C)[C@H]1c1ccc2ccncc2c1)C(=O)CC(CO)C4. The first-order chi connectivity index (χ1) is 17.2. The molecule has 6 nitrogen and oxygen atoms in total. The summed E-state index contributed by atoms with van der Waals surface area (Å²) in [4.78, 5) is 29.4. The number of ketones is 1. The second kappa shape index (κ2) is 8.13. The highest BCUT2D eigenvalue weighted by molar-refractivity contribution is 6.00. The summed E-state index contributed by atoms with van der Waals surface area (Å²) in [5.41, 5.74) is 1.63. The third-order valence-corrected chi connectivity index (χ3v) is 8.75. The van der Waals surface area contributed by atoms with Crippen molar-refractivity contribution in [3.8, 4) is 0 Å². The Morgan fingerprint density at radius 3 is 2.83 bits per heavy atom. The Labute approximate surface area is 210 Å². The number of benzene rings is 1. The van der Waals surface area contributed by atoms with Crippen molar-refractivity contribution in [2.75, 3.05) is 6.61 Å². The van der Waals surface area contributed by atoms with Crippen LogP contribution in [-0.4, -0.2) is 40.2 Å². The number of ether oxygens (including phenoxy) is 2. The zero-order chi connectivity index (χ0) is 25.2. The molecule has 0 radical (unpaired) electrons. The van der Waals surface area contributed by atoms with Crippen molar-refractivity contribution in [3.63, 3.8) is 0 Å². The molecule has 2 unspecified atom stereocenters. The van der Waals surface area contributed by atoms with E-state index in [1.165, 1.54) is 6.92 Å². The molecule has 2 heterocycles. The van der Waals surface area contributed by atoms with E-state index in [0.717, 1.165) is 21.9 Å². The zero-order valence-corrected chi connectivity index (χ0v) is 20.9. The van der Waals surface area contributed by atoms with E-state index in [0.29, 0.717) is 30.6 Å². The van der Waals surface area contributed by atoms with Gasteiger partial charge in [-0.25, -0.2) is 0 Å². The summed E-state index contributed by atoms with van der Waals surface area (Å²) in [6, 6.07) is 8.39. The summed E-state index contributed by atoms with van der Waals surface area (Å²) in [7, 11) is 0. The molecule has 1 aliphatic heterocycles. The molecule has 6 rings (SSSR count). The van der Waals surface area contributed by atoms with E-state index in [1.807, 2.05) is 25.3 Å². The number of rotatable bonds is 3. The van der Waals surface area contributed by atoms with Crippen LogP contribution in [0.5, 0.6) is 0 Å². The van der Waals surface area contributed by atoms with Crippen molar-refractivity contribution >= 4 is 22.5 Å². The van der Waals surface area contributed by atoms with Gasteiger partial charge in [0.1, 0.15) is 17.5 Å². The monoisotopic (exact) mass is 485 g/mol. The Morgan fingerprint density at radius 2 is 2.06 bits per heavy atom. The Bertz CT molecular complexity index is 1370. The quantitative estimate of drug-likeness (QED) is 0.630. The minimum absolute atomic E-state index is 0.0295. The van der Waals surface area contributed by atoms with Crippen LogP contribution >= 0.6 is 0 Å². The van der Waals surface area contributed by atoms with Gasteiger partial charge in [0.2, 0.25) is 0 Å². The van der Waals surface area contributed by atoms with Crippen LogP contribution in [-0.2, 0) is 19.1 Å². The molecule has 1 fully saturated rings. The summed E-state index contributed by atoms with van der Waals surface area (Å²) >= 11 is 0. The van der Waals surface area contributed by atoms with Crippen molar-refractivity contribution in [1.29, 1.82) is 0 Å². The van der Waals surface area contributed by atoms with Gasteiger partial charge < -0.3 is 14.6 Å². The second-order valence-corrected chi connectivity index (χ2v) is 11.2. The van der Waals surface area contributed by atoms with Crippen LogP contribution in [0.15, 0.2) is 71.8 Å². The number of pyridine rings is 1. The van der Waals surface area contributed by atoms with Crippen molar-refractivity contribution in [2.45, 2.75) is 57.7 Å². The predicted octanol–water partition coefficient (Wildman–Crippen LogP) is 4.79. The minimum atomic E-state index is -0.741. The number of hydrogen-bond acceptors (Lipinski definition) is 6. The average Bonchev–Trinajstić information content (AvgIpc) is 3.08. The second-order valence-electron chi connectivity index (χ2n) is 11.2. The van der Waals surface area contributed by atoms with Gasteiger partial charge in [0.05, 0.1) is 5.57 Å². The molecule has 2 aromatic rings. The van der Waals surface area contributed by atoms with Crippen molar-refractivity contribution < 1.29 is 24.2 Å². The molecule has 3 aliphatic carbocycles. The van der Waals surface area contributed by atoms with E-state index in [2.05, 4.69) is 42.3 Å². The number of carbonyl (C=O) groups is 2. The fraction of sp³-hybridized carbons (Fsp3) is 0.433. The number of carbonyl (C=O) groups excluding carboxylic acids is 2. The van der Waals surface area contributed by atoms with E-state index < -0.39 is 5.60 Å². The molecule has 36 heavy (non-hydrogen) atoms. The van der Waals surface area contributed by atoms with Crippen LogP contribution < -0.4 is 0 Å². The fourth-order valence-corrected chi connectivity index (χ4v) is 7.30. The Morgan fingerprint density at radius 1 is 1.22 bits per heavy atom. The Balaban J connectivity index is 1.45. The number of allylic oxidation sites excluding steroid dienone is 4. The normalized spacial score (nSPS) is 35.0. The molecule has 0 bridgehead atoms. The molecule has 186 valence electrons. The first-order valence-electron chi connectivity index (χ1n) is 12.7. The number of aliphatic hydroxyl groups excluding tert-OH is 1. The largest absolute Gasteiger partial charge is 0.489 e. The number of Topliss-reactive ketones (excluding diaryl/α,β-unsaturated/α-hetero) is 1. The van der Waals surface area contributed by atoms with Gasteiger partial charge in [0.25, 0.3) is 0 Å². The summed E-state index contributed by atoms with van der Waals surface area (Å²) in [5, 5.41) is 11.9. The molecule has 6 atom stereocenters. The molecule has 0 spiro atoms. The van der Waals surface area contributed by atoms with Gasteiger partial charge in [-0.2, -0.15) is 0 Å². The average molecular weight is 486 g/mol. The first kappa shape index (κ1) is 23.2. The van der Waals surface area contributed by atoms with Crippen LogP contribution in [0.4, 0.5) is 0 Å². The van der Waals surface area contributed by atoms with E-state index >= 15 is 0 Å². The third-order valence-electron chi connectivity index (χ3n) is 8.75. The van der Waals surface area contributed by atoms with Gasteiger partial charge in [-0.15, -0.1) is 0 Å². The van der Waals surface area contributed by atoms with Gasteiger partial charge in [0.15, 0.2) is 5.78 Å². The maximum absolute atomic E-state index is 12.8. The van der Waals surface area contributed by atoms with Crippen LogP contribution in [0.3, 0.4) is 0 Å². The van der Waals surface area contributed by atoms with E-state index in [-0.39, 0.29) is 47.6 Å². The molecule has 0 saturated heterocycles. The Kier molecular flexibility index (Phi) is 5.23. The number of nitrogens with zero attached hydrogens (tertiary/aromatic N) is 1.